The fourth-order valence-electron chi connectivity index (χ4n) is 2.67. The minimum absolute atomic E-state index is 0.0960. The topological polar surface area (TPSA) is 50.3 Å². The summed E-state index contributed by atoms with van der Waals surface area (Å²) in [5, 5.41) is 0.242. The Morgan fingerprint density at radius 1 is 1.40 bits per heavy atom. The molecule has 0 spiro atoms. The van der Waals surface area contributed by atoms with Crippen molar-refractivity contribution in [3.63, 3.8) is 0 Å². The van der Waals surface area contributed by atoms with E-state index in [0.717, 1.165) is 25.7 Å². The lowest BCUT2D eigenvalue weighted by Crippen LogP contribution is -2.41. The average molecular weight is 317 g/mol. The molecule has 0 bridgehead atoms. The van der Waals surface area contributed by atoms with Crippen LogP contribution in [0.3, 0.4) is 0 Å². The fourth-order valence-corrected chi connectivity index (χ4v) is 4.93. The van der Waals surface area contributed by atoms with Crippen LogP contribution in [0.2, 0.25) is 5.02 Å². The monoisotopic (exact) mass is 316 g/mol. The molecule has 4 nitrogen and oxygen atoms in total. The van der Waals surface area contributed by atoms with E-state index >= 15 is 0 Å². The zero-order valence-electron chi connectivity index (χ0n) is 11.9. The summed E-state index contributed by atoms with van der Waals surface area (Å²) >= 11 is 6.05. The van der Waals surface area contributed by atoms with Crippen molar-refractivity contribution in [1.82, 2.24) is 9.29 Å². The molecular weight excluding hydrogens is 296 g/mol. The molecule has 1 aromatic heterocycles. The van der Waals surface area contributed by atoms with Gasteiger partial charge in [0.1, 0.15) is 4.90 Å². The van der Waals surface area contributed by atoms with E-state index in [1.807, 2.05) is 13.8 Å². The second-order valence-electron chi connectivity index (χ2n) is 5.71. The van der Waals surface area contributed by atoms with Gasteiger partial charge in [-0.05, 0) is 24.8 Å². The third-order valence-corrected chi connectivity index (χ3v) is 5.99. The van der Waals surface area contributed by atoms with Gasteiger partial charge < -0.3 is 0 Å². The van der Waals surface area contributed by atoms with Crippen molar-refractivity contribution in [2.45, 2.75) is 50.5 Å². The molecular formula is C14H21ClN2O2S. The van der Waals surface area contributed by atoms with Crippen molar-refractivity contribution in [1.29, 1.82) is 0 Å². The number of nitrogens with zero attached hydrogens (tertiary/aromatic N) is 2. The molecule has 1 saturated carbocycles. The van der Waals surface area contributed by atoms with Crippen molar-refractivity contribution < 1.29 is 8.42 Å². The molecule has 1 aliphatic rings. The summed E-state index contributed by atoms with van der Waals surface area (Å²) in [6.07, 6.45) is 6.91. The smallest absolute Gasteiger partial charge is 0.246 e. The Labute approximate surface area is 126 Å². The molecule has 0 aromatic carbocycles. The molecule has 1 aromatic rings. The van der Waals surface area contributed by atoms with Crippen molar-refractivity contribution in [3.05, 3.63) is 23.5 Å². The summed E-state index contributed by atoms with van der Waals surface area (Å²) in [5.74, 6) is 0.279. The number of halogens is 1. The molecule has 0 aliphatic heterocycles. The highest BCUT2D eigenvalue weighted by molar-refractivity contribution is 7.89. The number of hydrogen-bond acceptors (Lipinski definition) is 3. The highest BCUT2D eigenvalue weighted by Crippen LogP contribution is 2.31. The Hall–Kier alpha value is -0.650. The Bertz CT molecular complexity index is 554. The van der Waals surface area contributed by atoms with Crippen LogP contribution in [0.5, 0.6) is 0 Å². The summed E-state index contributed by atoms with van der Waals surface area (Å²) in [5.41, 5.74) is 0. The van der Waals surface area contributed by atoms with Crippen LogP contribution >= 0.6 is 11.6 Å². The SMILES string of the molecule is CC(C)CN(C1CCCC1)S(=O)(=O)c1cnccc1Cl. The van der Waals surface area contributed by atoms with E-state index in [9.17, 15) is 8.42 Å². The van der Waals surface area contributed by atoms with Crippen LogP contribution in [0.4, 0.5) is 0 Å². The first-order chi connectivity index (χ1) is 9.43. The van der Waals surface area contributed by atoms with E-state index in [1.165, 1.54) is 18.5 Å². The van der Waals surface area contributed by atoms with E-state index in [-0.39, 0.29) is 21.9 Å². The Balaban J connectivity index is 2.38. The van der Waals surface area contributed by atoms with Crippen molar-refractivity contribution in [2.24, 2.45) is 5.92 Å². The van der Waals surface area contributed by atoms with Gasteiger partial charge in [-0.15, -0.1) is 0 Å². The Morgan fingerprint density at radius 3 is 2.60 bits per heavy atom. The molecule has 1 fully saturated rings. The zero-order chi connectivity index (χ0) is 14.8. The van der Waals surface area contributed by atoms with Crippen molar-refractivity contribution >= 4 is 21.6 Å². The molecule has 0 unspecified atom stereocenters. The normalized spacial score (nSPS) is 17.2. The summed E-state index contributed by atoms with van der Waals surface area (Å²) in [6, 6.07) is 1.62. The third-order valence-electron chi connectivity index (χ3n) is 3.60. The van der Waals surface area contributed by atoms with Gasteiger partial charge >= 0.3 is 0 Å². The standard InChI is InChI=1S/C14H21ClN2O2S/c1-11(2)10-17(12-5-3-4-6-12)20(18,19)14-9-16-8-7-13(14)15/h7-9,11-12H,3-6,10H2,1-2H3. The van der Waals surface area contributed by atoms with Crippen LogP contribution in [0, 0.1) is 5.92 Å². The maximum atomic E-state index is 12.9. The second-order valence-corrected chi connectivity index (χ2v) is 7.98. The Kier molecular flexibility index (Phi) is 5.04. The van der Waals surface area contributed by atoms with Gasteiger partial charge in [-0.3, -0.25) is 4.98 Å². The van der Waals surface area contributed by atoms with Gasteiger partial charge in [0.15, 0.2) is 0 Å². The minimum Gasteiger partial charge on any atom is -0.263 e. The first-order valence-electron chi connectivity index (χ1n) is 7.04. The minimum atomic E-state index is -3.57. The van der Waals surface area contributed by atoms with E-state index in [0.29, 0.717) is 6.54 Å². The number of hydrogen-bond donors (Lipinski definition) is 0. The van der Waals surface area contributed by atoms with E-state index < -0.39 is 10.0 Å². The summed E-state index contributed by atoms with van der Waals surface area (Å²) in [4.78, 5) is 4.03. The molecule has 0 saturated heterocycles. The lowest BCUT2D eigenvalue weighted by atomic mass is 10.2. The lowest BCUT2D eigenvalue weighted by Gasteiger charge is -2.29. The van der Waals surface area contributed by atoms with Crippen LogP contribution in [0.1, 0.15) is 39.5 Å². The average Bonchev–Trinajstić information content (AvgIpc) is 2.89. The molecule has 0 atom stereocenters. The van der Waals surface area contributed by atoms with Crippen LogP contribution in [-0.4, -0.2) is 30.3 Å². The molecule has 1 heterocycles. The predicted octanol–water partition coefficient (Wildman–Crippen LogP) is 3.32. The number of pyridine rings is 1. The van der Waals surface area contributed by atoms with Gasteiger partial charge in [0.05, 0.1) is 5.02 Å². The fraction of sp³-hybridized carbons (Fsp3) is 0.643. The van der Waals surface area contributed by atoms with Gasteiger partial charge in [0.2, 0.25) is 10.0 Å². The van der Waals surface area contributed by atoms with Gasteiger partial charge in [-0.25, -0.2) is 8.42 Å². The number of rotatable bonds is 5. The lowest BCUT2D eigenvalue weighted by molar-refractivity contribution is 0.292. The van der Waals surface area contributed by atoms with Crippen LogP contribution in [0.15, 0.2) is 23.4 Å². The summed E-state index contributed by atoms with van der Waals surface area (Å²) < 4.78 is 27.4. The molecule has 2 rings (SSSR count). The zero-order valence-corrected chi connectivity index (χ0v) is 13.5. The van der Waals surface area contributed by atoms with Crippen LogP contribution < -0.4 is 0 Å². The largest absolute Gasteiger partial charge is 0.263 e. The van der Waals surface area contributed by atoms with E-state index in [1.54, 1.807) is 4.31 Å². The highest BCUT2D eigenvalue weighted by atomic mass is 35.5. The third kappa shape index (κ3) is 3.32. The quantitative estimate of drug-likeness (QED) is 0.837. The molecule has 0 N–H and O–H groups in total. The summed E-state index contributed by atoms with van der Waals surface area (Å²) in [6.45, 7) is 4.59. The van der Waals surface area contributed by atoms with Crippen LogP contribution in [-0.2, 0) is 10.0 Å². The molecule has 112 valence electrons. The van der Waals surface area contributed by atoms with Gasteiger partial charge in [0, 0.05) is 25.0 Å². The maximum Gasteiger partial charge on any atom is 0.246 e. The molecule has 1 aliphatic carbocycles. The number of aromatic nitrogens is 1. The van der Waals surface area contributed by atoms with Gasteiger partial charge in [-0.1, -0.05) is 38.3 Å². The van der Waals surface area contributed by atoms with E-state index in [2.05, 4.69) is 4.98 Å². The molecule has 6 heteroatoms. The first kappa shape index (κ1) is 15.7. The maximum absolute atomic E-state index is 12.9. The van der Waals surface area contributed by atoms with Gasteiger partial charge in [0.25, 0.3) is 0 Å². The summed E-state index contributed by atoms with van der Waals surface area (Å²) in [7, 11) is -3.57. The predicted molar refractivity (Wildman–Crippen MR) is 80.2 cm³/mol. The molecule has 0 amide bonds. The number of sulfonamides is 1. The molecule has 20 heavy (non-hydrogen) atoms. The second kappa shape index (κ2) is 6.41. The first-order valence-corrected chi connectivity index (χ1v) is 8.86. The van der Waals surface area contributed by atoms with Crippen molar-refractivity contribution in [2.75, 3.05) is 6.54 Å². The van der Waals surface area contributed by atoms with Gasteiger partial charge in [-0.2, -0.15) is 4.31 Å². The van der Waals surface area contributed by atoms with Crippen molar-refractivity contribution in [3.8, 4) is 0 Å². The molecule has 0 radical (unpaired) electrons. The van der Waals surface area contributed by atoms with E-state index in [4.69, 9.17) is 11.6 Å². The van der Waals surface area contributed by atoms with Crippen LogP contribution in [0.25, 0.3) is 0 Å². The highest BCUT2D eigenvalue weighted by Gasteiger charge is 2.34. The Morgan fingerprint density at radius 2 is 2.05 bits per heavy atom.